The zero-order valence-electron chi connectivity index (χ0n) is 13.3. The average molecular weight is 464 g/mol. The normalized spacial score (nSPS) is 9.20. The zero-order valence-corrected chi connectivity index (χ0v) is 16.5. The van der Waals surface area contributed by atoms with Gasteiger partial charge in [0.05, 0.1) is 0 Å². The molecule has 0 heterocycles. The Labute approximate surface area is 164 Å². The standard InChI is InChI=1S/C20H16Br2O3/c21-17-5-9-19(10-6-17)24-15-3-1-13-23-14-2-4-16-25-20-11-7-18(22)8-12-20/h3-14H,15-16H2. The van der Waals surface area contributed by atoms with Crippen molar-refractivity contribution in [1.29, 1.82) is 0 Å². The number of ether oxygens (including phenoxy) is 3. The number of benzene rings is 2. The Kier molecular flexibility index (Phi) is 8.74. The molecule has 0 atom stereocenters. The first kappa shape index (κ1) is 19.2. The van der Waals surface area contributed by atoms with Crippen LogP contribution >= 0.6 is 31.9 Å². The predicted octanol–water partition coefficient (Wildman–Crippen LogP) is 6.02. The summed E-state index contributed by atoms with van der Waals surface area (Å²) in [6.07, 6.45) is 6.33. The molecule has 0 N–H and O–H groups in total. The SMILES string of the molecule is Brc1ccc(OCC=C=COC=C=CCOc2ccc(Br)cc2)cc1. The summed E-state index contributed by atoms with van der Waals surface area (Å²) in [5.74, 6) is 1.60. The lowest BCUT2D eigenvalue weighted by Crippen LogP contribution is -1.92. The molecule has 0 amide bonds. The number of rotatable bonds is 8. The van der Waals surface area contributed by atoms with Crippen LogP contribution in [0.4, 0.5) is 0 Å². The summed E-state index contributed by atoms with van der Waals surface area (Å²) < 4.78 is 18.2. The molecule has 2 aromatic carbocycles. The van der Waals surface area contributed by atoms with Crippen molar-refractivity contribution in [3.8, 4) is 11.5 Å². The van der Waals surface area contributed by atoms with E-state index < -0.39 is 0 Å². The van der Waals surface area contributed by atoms with E-state index in [-0.39, 0.29) is 0 Å². The molecule has 0 bridgehead atoms. The van der Waals surface area contributed by atoms with Gasteiger partial charge in [0, 0.05) is 8.95 Å². The van der Waals surface area contributed by atoms with Crippen LogP contribution in [-0.4, -0.2) is 13.2 Å². The second-order valence-electron chi connectivity index (χ2n) is 4.64. The van der Waals surface area contributed by atoms with Crippen LogP contribution in [0.2, 0.25) is 0 Å². The van der Waals surface area contributed by atoms with E-state index in [1.807, 2.05) is 48.5 Å². The molecule has 0 radical (unpaired) electrons. The van der Waals surface area contributed by atoms with Crippen LogP contribution in [-0.2, 0) is 4.74 Å². The number of hydrogen-bond acceptors (Lipinski definition) is 3. The molecule has 3 nitrogen and oxygen atoms in total. The van der Waals surface area contributed by atoms with E-state index >= 15 is 0 Å². The molecule has 0 fully saturated rings. The van der Waals surface area contributed by atoms with E-state index in [1.165, 1.54) is 12.5 Å². The lowest BCUT2D eigenvalue weighted by atomic mass is 10.3. The fourth-order valence-corrected chi connectivity index (χ4v) is 2.17. The van der Waals surface area contributed by atoms with Crippen LogP contribution < -0.4 is 9.47 Å². The summed E-state index contributed by atoms with van der Waals surface area (Å²) >= 11 is 6.75. The van der Waals surface area contributed by atoms with E-state index in [1.54, 1.807) is 12.2 Å². The van der Waals surface area contributed by atoms with Crippen molar-refractivity contribution in [1.82, 2.24) is 0 Å². The van der Waals surface area contributed by atoms with E-state index in [4.69, 9.17) is 14.2 Å². The Hall–Kier alpha value is -2.16. The van der Waals surface area contributed by atoms with Crippen LogP contribution in [0.1, 0.15) is 0 Å². The van der Waals surface area contributed by atoms with Gasteiger partial charge in [-0.1, -0.05) is 43.3 Å². The van der Waals surface area contributed by atoms with Gasteiger partial charge in [0.25, 0.3) is 0 Å². The van der Waals surface area contributed by atoms with Gasteiger partial charge in [-0.3, -0.25) is 0 Å². The van der Waals surface area contributed by atoms with E-state index in [0.29, 0.717) is 13.2 Å². The van der Waals surface area contributed by atoms with Crippen molar-refractivity contribution >= 4 is 31.9 Å². The summed E-state index contributed by atoms with van der Waals surface area (Å²) in [5.41, 5.74) is 5.72. The Balaban J connectivity index is 1.61. The van der Waals surface area contributed by atoms with Gasteiger partial charge in [0.2, 0.25) is 0 Å². The molecule has 2 rings (SSSR count). The molecular weight excluding hydrogens is 448 g/mol. The van der Waals surface area contributed by atoms with Crippen molar-refractivity contribution in [2.45, 2.75) is 0 Å². The third kappa shape index (κ3) is 8.48. The molecule has 2 aromatic rings. The van der Waals surface area contributed by atoms with Crippen molar-refractivity contribution in [2.24, 2.45) is 0 Å². The third-order valence-electron chi connectivity index (χ3n) is 2.80. The van der Waals surface area contributed by atoms with Crippen molar-refractivity contribution in [2.75, 3.05) is 13.2 Å². The maximum atomic E-state index is 5.50. The highest BCUT2D eigenvalue weighted by Gasteiger charge is 1.91. The van der Waals surface area contributed by atoms with Crippen LogP contribution in [0.5, 0.6) is 11.5 Å². The monoisotopic (exact) mass is 462 g/mol. The van der Waals surface area contributed by atoms with Gasteiger partial charge in [-0.05, 0) is 60.7 Å². The molecule has 0 unspecified atom stereocenters. The first-order valence-electron chi connectivity index (χ1n) is 7.45. The molecule has 0 aliphatic heterocycles. The highest BCUT2D eigenvalue weighted by Crippen LogP contribution is 2.16. The summed E-state index contributed by atoms with van der Waals surface area (Å²) in [6.45, 7) is 0.837. The molecule has 128 valence electrons. The Bertz CT molecular complexity index is 700. The summed E-state index contributed by atoms with van der Waals surface area (Å²) in [7, 11) is 0. The number of hydrogen-bond donors (Lipinski definition) is 0. The van der Waals surface area contributed by atoms with Crippen molar-refractivity contribution < 1.29 is 14.2 Å². The minimum atomic E-state index is 0.419. The van der Waals surface area contributed by atoms with Crippen LogP contribution in [0, 0.1) is 0 Å². The molecule has 0 aliphatic rings. The molecule has 0 saturated carbocycles. The second kappa shape index (κ2) is 11.4. The van der Waals surface area contributed by atoms with E-state index in [2.05, 4.69) is 43.3 Å². The predicted molar refractivity (Wildman–Crippen MR) is 106 cm³/mol. The fraction of sp³-hybridized carbons (Fsp3) is 0.100. The lowest BCUT2D eigenvalue weighted by Gasteiger charge is -2.01. The Morgan fingerprint density at radius 2 is 1.08 bits per heavy atom. The fourth-order valence-electron chi connectivity index (χ4n) is 1.64. The van der Waals surface area contributed by atoms with Crippen molar-refractivity contribution in [3.05, 3.63) is 93.6 Å². The molecule has 5 heteroatoms. The minimum absolute atomic E-state index is 0.419. The Morgan fingerprint density at radius 1 is 0.680 bits per heavy atom. The second-order valence-corrected chi connectivity index (χ2v) is 6.47. The number of halogens is 2. The van der Waals surface area contributed by atoms with Gasteiger partial charge < -0.3 is 14.2 Å². The largest absolute Gasteiger partial charge is 0.489 e. The van der Waals surface area contributed by atoms with Gasteiger partial charge in [0.1, 0.15) is 37.2 Å². The maximum Gasteiger partial charge on any atom is 0.133 e. The quantitative estimate of drug-likeness (QED) is 0.353. The molecule has 0 spiro atoms. The summed E-state index contributed by atoms with van der Waals surface area (Å²) in [4.78, 5) is 0. The first-order valence-corrected chi connectivity index (χ1v) is 9.03. The van der Waals surface area contributed by atoms with Crippen LogP contribution in [0.15, 0.2) is 93.6 Å². The van der Waals surface area contributed by atoms with Crippen molar-refractivity contribution in [3.63, 3.8) is 0 Å². The van der Waals surface area contributed by atoms with Gasteiger partial charge >= 0.3 is 0 Å². The third-order valence-corrected chi connectivity index (χ3v) is 3.86. The van der Waals surface area contributed by atoms with Gasteiger partial charge in [0.15, 0.2) is 0 Å². The smallest absolute Gasteiger partial charge is 0.133 e. The highest BCUT2D eigenvalue weighted by molar-refractivity contribution is 9.10. The Morgan fingerprint density at radius 3 is 1.48 bits per heavy atom. The van der Waals surface area contributed by atoms with E-state index in [9.17, 15) is 0 Å². The van der Waals surface area contributed by atoms with Crippen LogP contribution in [0.25, 0.3) is 0 Å². The van der Waals surface area contributed by atoms with Gasteiger partial charge in [-0.15, -0.1) is 0 Å². The van der Waals surface area contributed by atoms with Gasteiger partial charge in [-0.25, -0.2) is 0 Å². The lowest BCUT2D eigenvalue weighted by molar-refractivity contribution is 0.361. The topological polar surface area (TPSA) is 27.7 Å². The zero-order chi connectivity index (χ0) is 17.7. The first-order chi connectivity index (χ1) is 12.2. The highest BCUT2D eigenvalue weighted by atomic mass is 79.9. The molecule has 0 aromatic heterocycles. The van der Waals surface area contributed by atoms with Gasteiger partial charge in [-0.2, -0.15) is 0 Å². The summed E-state index contributed by atoms with van der Waals surface area (Å²) in [6, 6.07) is 15.3. The molecule has 25 heavy (non-hydrogen) atoms. The minimum Gasteiger partial charge on any atom is -0.489 e. The molecule has 0 aliphatic carbocycles. The molecule has 0 saturated heterocycles. The maximum absolute atomic E-state index is 5.50. The average Bonchev–Trinajstić information content (AvgIpc) is 2.63. The van der Waals surface area contributed by atoms with Crippen LogP contribution in [0.3, 0.4) is 0 Å². The molecular formula is C20H16Br2O3. The van der Waals surface area contributed by atoms with E-state index in [0.717, 1.165) is 20.4 Å². The summed E-state index contributed by atoms with van der Waals surface area (Å²) in [5, 5.41) is 0.